The van der Waals surface area contributed by atoms with E-state index in [9.17, 15) is 31.2 Å². The van der Waals surface area contributed by atoms with Crippen molar-refractivity contribution in [3.8, 4) is 0 Å². The molecule has 0 aliphatic carbocycles. The predicted octanol–water partition coefficient (Wildman–Crippen LogP) is 5.66. The Labute approximate surface area is 250 Å². The minimum atomic E-state index is -4.86. The number of anilines is 1. The van der Waals surface area contributed by atoms with Gasteiger partial charge in [-0.3, -0.25) is 13.9 Å². The maximum atomic E-state index is 13.9. The van der Waals surface area contributed by atoms with E-state index in [0.717, 1.165) is 28.4 Å². The molecular formula is C28H28BrClF3N3O4S. The summed E-state index contributed by atoms with van der Waals surface area (Å²) in [6, 6.07) is 17.5. The van der Waals surface area contributed by atoms with E-state index in [1.807, 2.05) is 0 Å². The lowest BCUT2D eigenvalue weighted by molar-refractivity contribution is -0.140. The average molecular weight is 675 g/mol. The van der Waals surface area contributed by atoms with Crippen molar-refractivity contribution in [3.63, 3.8) is 0 Å². The molecular weight excluding hydrogens is 647 g/mol. The Morgan fingerprint density at radius 3 is 2.24 bits per heavy atom. The molecule has 0 heterocycles. The van der Waals surface area contributed by atoms with Crippen LogP contribution in [0.1, 0.15) is 23.6 Å². The Morgan fingerprint density at radius 1 is 1.00 bits per heavy atom. The molecule has 7 nitrogen and oxygen atoms in total. The van der Waals surface area contributed by atoms with Crippen molar-refractivity contribution < 1.29 is 31.2 Å². The summed E-state index contributed by atoms with van der Waals surface area (Å²) in [6.07, 6.45) is -3.96. The Morgan fingerprint density at radius 2 is 1.66 bits per heavy atom. The second kappa shape index (κ2) is 13.7. The van der Waals surface area contributed by atoms with Crippen LogP contribution >= 0.6 is 27.5 Å². The predicted molar refractivity (Wildman–Crippen MR) is 156 cm³/mol. The molecule has 0 bridgehead atoms. The Kier molecular flexibility index (Phi) is 10.8. The zero-order chi connectivity index (χ0) is 30.4. The minimum Gasteiger partial charge on any atom is -0.355 e. The van der Waals surface area contributed by atoms with Crippen molar-refractivity contribution in [3.05, 3.63) is 99.0 Å². The molecule has 0 spiro atoms. The van der Waals surface area contributed by atoms with E-state index in [2.05, 4.69) is 21.2 Å². The summed E-state index contributed by atoms with van der Waals surface area (Å²) in [7, 11) is -4.25. The molecule has 1 atom stereocenters. The van der Waals surface area contributed by atoms with Crippen LogP contribution in [0.3, 0.4) is 0 Å². The van der Waals surface area contributed by atoms with Crippen LogP contribution in [0.25, 0.3) is 0 Å². The molecule has 0 fully saturated rings. The van der Waals surface area contributed by atoms with E-state index in [0.29, 0.717) is 15.9 Å². The van der Waals surface area contributed by atoms with E-state index >= 15 is 0 Å². The Balaban J connectivity index is 2.09. The first kappa shape index (κ1) is 32.4. The zero-order valence-electron chi connectivity index (χ0n) is 22.2. The second-order valence-electron chi connectivity index (χ2n) is 9.18. The average Bonchev–Trinajstić information content (AvgIpc) is 2.89. The molecule has 1 N–H and O–H groups in total. The number of nitrogens with zero attached hydrogens (tertiary/aromatic N) is 2. The number of alkyl halides is 3. The second-order valence-corrected chi connectivity index (χ2v) is 12.4. The maximum Gasteiger partial charge on any atom is 0.417 e. The third-order valence-electron chi connectivity index (χ3n) is 6.09. The van der Waals surface area contributed by atoms with Gasteiger partial charge in [-0.05, 0) is 48.4 Å². The van der Waals surface area contributed by atoms with Crippen molar-refractivity contribution in [1.29, 1.82) is 0 Å². The zero-order valence-corrected chi connectivity index (χ0v) is 25.3. The standard InChI is InChI=1S/C28H28BrClF3N3O4S/c1-3-34-27(38)25(15-19-8-5-4-6-9-19)35(17-20-10-7-11-21(29)14-20)26(37)18-36(41(2,39)40)22-12-13-24(30)23(16-22)28(31,32)33/h4-14,16,25H,3,15,17-18H2,1-2H3,(H,34,38)/t25-/m0/s1. The normalized spacial score (nSPS) is 12.5. The fraction of sp³-hybridized carbons (Fsp3) is 0.286. The van der Waals surface area contributed by atoms with Crippen LogP contribution in [-0.2, 0) is 38.8 Å². The van der Waals surface area contributed by atoms with Crippen LogP contribution in [0.15, 0.2) is 77.3 Å². The first-order chi connectivity index (χ1) is 19.2. The van der Waals surface area contributed by atoms with Crippen LogP contribution in [0.4, 0.5) is 18.9 Å². The van der Waals surface area contributed by atoms with Gasteiger partial charge in [-0.25, -0.2) is 8.42 Å². The fourth-order valence-electron chi connectivity index (χ4n) is 4.18. The highest BCUT2D eigenvalue weighted by molar-refractivity contribution is 9.10. The summed E-state index contributed by atoms with van der Waals surface area (Å²) >= 11 is 9.12. The molecule has 0 aromatic heterocycles. The minimum absolute atomic E-state index is 0.0705. The monoisotopic (exact) mass is 673 g/mol. The number of nitrogens with one attached hydrogen (secondary N) is 1. The van der Waals surface area contributed by atoms with Crippen LogP contribution in [0.5, 0.6) is 0 Å². The molecule has 41 heavy (non-hydrogen) atoms. The van der Waals surface area contributed by atoms with Gasteiger partial charge in [0.2, 0.25) is 21.8 Å². The number of likely N-dealkylation sites (N-methyl/N-ethyl adjacent to an activating group) is 1. The van der Waals surface area contributed by atoms with Crippen molar-refractivity contribution in [1.82, 2.24) is 10.2 Å². The first-order valence-electron chi connectivity index (χ1n) is 12.4. The quantitative estimate of drug-likeness (QED) is 0.284. The van der Waals surface area contributed by atoms with Gasteiger partial charge in [0.15, 0.2) is 0 Å². The van der Waals surface area contributed by atoms with Gasteiger partial charge >= 0.3 is 6.18 Å². The molecule has 0 saturated heterocycles. The molecule has 13 heteroatoms. The van der Waals surface area contributed by atoms with Gasteiger partial charge in [-0.1, -0.05) is 70.0 Å². The number of benzene rings is 3. The van der Waals surface area contributed by atoms with Crippen molar-refractivity contribution >= 4 is 55.1 Å². The topological polar surface area (TPSA) is 86.8 Å². The number of halogens is 5. The summed E-state index contributed by atoms with van der Waals surface area (Å²) in [5.41, 5.74) is -0.235. The lowest BCUT2D eigenvalue weighted by Gasteiger charge is -2.33. The van der Waals surface area contributed by atoms with Gasteiger partial charge < -0.3 is 10.2 Å². The smallest absolute Gasteiger partial charge is 0.355 e. The van der Waals surface area contributed by atoms with Gasteiger partial charge in [-0.2, -0.15) is 13.2 Å². The molecule has 3 aromatic rings. The number of carbonyl (C=O) groups is 2. The molecule has 0 aliphatic rings. The number of amides is 2. The number of hydrogen-bond acceptors (Lipinski definition) is 4. The van der Waals surface area contributed by atoms with Gasteiger partial charge in [0.25, 0.3) is 0 Å². The van der Waals surface area contributed by atoms with Gasteiger partial charge in [0.1, 0.15) is 12.6 Å². The molecule has 0 unspecified atom stereocenters. The van der Waals surface area contributed by atoms with Crippen LogP contribution < -0.4 is 9.62 Å². The van der Waals surface area contributed by atoms with E-state index in [-0.39, 0.29) is 19.5 Å². The van der Waals surface area contributed by atoms with Gasteiger partial charge in [0.05, 0.1) is 22.5 Å². The highest BCUT2D eigenvalue weighted by Gasteiger charge is 2.36. The van der Waals surface area contributed by atoms with E-state index in [4.69, 9.17) is 11.6 Å². The molecule has 0 aliphatic heterocycles. The van der Waals surface area contributed by atoms with Crippen LogP contribution in [0.2, 0.25) is 5.02 Å². The summed E-state index contributed by atoms with van der Waals surface area (Å²) in [5, 5.41) is 2.12. The summed E-state index contributed by atoms with van der Waals surface area (Å²) in [4.78, 5) is 28.5. The summed E-state index contributed by atoms with van der Waals surface area (Å²) in [5.74, 6) is -1.25. The van der Waals surface area contributed by atoms with E-state index < -0.39 is 56.9 Å². The molecule has 0 saturated carbocycles. The number of hydrogen-bond donors (Lipinski definition) is 1. The van der Waals surface area contributed by atoms with E-state index in [1.54, 1.807) is 61.5 Å². The largest absolute Gasteiger partial charge is 0.417 e. The Hall–Kier alpha value is -3.09. The molecule has 3 rings (SSSR count). The Bertz CT molecular complexity index is 1490. The number of carbonyl (C=O) groups excluding carboxylic acids is 2. The maximum absolute atomic E-state index is 13.9. The van der Waals surface area contributed by atoms with Crippen molar-refractivity contribution in [2.45, 2.75) is 32.1 Å². The highest BCUT2D eigenvalue weighted by atomic mass is 79.9. The lowest BCUT2D eigenvalue weighted by atomic mass is 10.0. The van der Waals surface area contributed by atoms with Crippen molar-refractivity contribution in [2.24, 2.45) is 0 Å². The van der Waals surface area contributed by atoms with Crippen LogP contribution in [-0.4, -0.2) is 50.5 Å². The number of rotatable bonds is 11. The van der Waals surface area contributed by atoms with Gasteiger partial charge in [-0.15, -0.1) is 0 Å². The fourth-order valence-corrected chi connectivity index (χ4v) is 5.69. The molecule has 0 radical (unpaired) electrons. The van der Waals surface area contributed by atoms with Gasteiger partial charge in [0, 0.05) is 24.0 Å². The third-order valence-corrected chi connectivity index (χ3v) is 8.05. The number of sulfonamides is 1. The van der Waals surface area contributed by atoms with Crippen LogP contribution in [0, 0.1) is 0 Å². The first-order valence-corrected chi connectivity index (χ1v) is 15.4. The molecule has 220 valence electrons. The lowest BCUT2D eigenvalue weighted by Crippen LogP contribution is -2.53. The molecule has 3 aromatic carbocycles. The third kappa shape index (κ3) is 8.95. The summed E-state index contributed by atoms with van der Waals surface area (Å²) < 4.78 is 67.5. The highest BCUT2D eigenvalue weighted by Crippen LogP contribution is 2.37. The van der Waals surface area contributed by atoms with Crippen molar-refractivity contribution in [2.75, 3.05) is 23.7 Å². The molecule has 2 amide bonds. The van der Waals surface area contributed by atoms with E-state index in [1.165, 1.54) is 4.90 Å². The SMILES string of the molecule is CCNC(=O)[C@H](Cc1ccccc1)N(Cc1cccc(Br)c1)C(=O)CN(c1ccc(Cl)c(C(F)(F)F)c1)S(C)(=O)=O. The summed E-state index contributed by atoms with van der Waals surface area (Å²) in [6.45, 7) is 1.08.